The van der Waals surface area contributed by atoms with Crippen molar-refractivity contribution < 1.29 is 32.6 Å². The maximum atomic E-state index is 12.8. The van der Waals surface area contributed by atoms with E-state index in [-0.39, 0.29) is 5.91 Å². The van der Waals surface area contributed by atoms with Gasteiger partial charge >= 0.3 is 12.1 Å². The second-order valence-corrected chi connectivity index (χ2v) is 7.02. The average molecular weight is 475 g/mol. The summed E-state index contributed by atoms with van der Waals surface area (Å²) < 4.78 is 38.8. The van der Waals surface area contributed by atoms with Gasteiger partial charge < -0.3 is 15.2 Å². The number of ether oxygens (including phenoxy) is 1. The van der Waals surface area contributed by atoms with Crippen LogP contribution in [0.25, 0.3) is 16.8 Å². The molecular weight excluding hydrogens is 455 g/mol. The van der Waals surface area contributed by atoms with Gasteiger partial charge in [0.2, 0.25) is 0 Å². The lowest BCUT2D eigenvalue weighted by Crippen LogP contribution is -2.25. The molecule has 0 aliphatic rings. The first-order valence-corrected chi connectivity index (χ1v) is 9.79. The lowest BCUT2D eigenvalue weighted by Gasteiger charge is -2.08. The standard InChI is InChI=1S/C20H19N5O2.C2HF3O2/c1-13-19(20(26)21-9-14-4-3-5-17(8-14)27-2)25-12-15(6-7-18(25)24-13)16-10-22-23-11-16;3-2(4,5)1(6)7/h3-8,10-12H,9H2,1-2H3,(H,21,26)(H,22,23);(H,6,7). The number of H-pyrrole nitrogens is 1. The Labute approximate surface area is 191 Å². The molecule has 1 aromatic carbocycles. The summed E-state index contributed by atoms with van der Waals surface area (Å²) in [6, 6.07) is 11.5. The number of hydrogen-bond donors (Lipinski definition) is 3. The van der Waals surface area contributed by atoms with Crippen LogP contribution in [0.3, 0.4) is 0 Å². The molecule has 0 spiro atoms. The molecule has 34 heavy (non-hydrogen) atoms. The molecule has 0 saturated heterocycles. The van der Waals surface area contributed by atoms with E-state index in [9.17, 15) is 18.0 Å². The Bertz CT molecular complexity index is 1300. The van der Waals surface area contributed by atoms with E-state index in [1.54, 1.807) is 13.3 Å². The van der Waals surface area contributed by atoms with Crippen LogP contribution in [0.4, 0.5) is 13.2 Å². The zero-order valence-electron chi connectivity index (χ0n) is 18.1. The Hall–Kier alpha value is -4.35. The fourth-order valence-electron chi connectivity index (χ4n) is 3.06. The first-order chi connectivity index (χ1) is 16.1. The molecule has 9 nitrogen and oxygen atoms in total. The Morgan fingerprint density at radius 3 is 2.56 bits per heavy atom. The van der Waals surface area contributed by atoms with Crippen molar-refractivity contribution in [1.82, 2.24) is 24.9 Å². The minimum Gasteiger partial charge on any atom is -0.497 e. The Morgan fingerprint density at radius 1 is 1.21 bits per heavy atom. The summed E-state index contributed by atoms with van der Waals surface area (Å²) in [5.41, 5.74) is 4.81. The van der Waals surface area contributed by atoms with E-state index in [1.807, 2.05) is 60.1 Å². The highest BCUT2D eigenvalue weighted by atomic mass is 19.4. The SMILES string of the molecule is COc1cccc(CNC(=O)c2c(C)nc3ccc(-c4cn[nH]c4)cn23)c1.O=C(O)C(F)(F)F. The van der Waals surface area contributed by atoms with Crippen molar-refractivity contribution in [3.63, 3.8) is 0 Å². The number of halogens is 3. The van der Waals surface area contributed by atoms with Crippen molar-refractivity contribution >= 4 is 17.5 Å². The van der Waals surface area contributed by atoms with Gasteiger partial charge in [-0.3, -0.25) is 14.3 Å². The number of aromatic nitrogens is 4. The quantitative estimate of drug-likeness (QED) is 0.406. The summed E-state index contributed by atoms with van der Waals surface area (Å²) in [7, 11) is 1.62. The second-order valence-electron chi connectivity index (χ2n) is 7.02. The van der Waals surface area contributed by atoms with Gasteiger partial charge in [0.05, 0.1) is 19.0 Å². The van der Waals surface area contributed by atoms with E-state index in [0.717, 1.165) is 28.1 Å². The Balaban J connectivity index is 0.000000406. The number of pyridine rings is 1. The third-order valence-corrected chi connectivity index (χ3v) is 4.67. The summed E-state index contributed by atoms with van der Waals surface area (Å²) in [5.74, 6) is -2.17. The largest absolute Gasteiger partial charge is 0.497 e. The van der Waals surface area contributed by atoms with E-state index in [1.165, 1.54) is 0 Å². The van der Waals surface area contributed by atoms with E-state index >= 15 is 0 Å². The maximum Gasteiger partial charge on any atom is 0.490 e. The molecule has 178 valence electrons. The number of alkyl halides is 3. The molecule has 0 aliphatic heterocycles. The third kappa shape index (κ3) is 5.71. The molecule has 12 heteroatoms. The molecule has 3 N–H and O–H groups in total. The molecule has 0 fully saturated rings. The van der Waals surface area contributed by atoms with Crippen molar-refractivity contribution in [2.75, 3.05) is 7.11 Å². The zero-order valence-corrected chi connectivity index (χ0v) is 18.1. The first kappa shape index (κ1) is 24.3. The number of imidazole rings is 1. The topological polar surface area (TPSA) is 122 Å². The highest BCUT2D eigenvalue weighted by Crippen LogP contribution is 2.21. The van der Waals surface area contributed by atoms with Gasteiger partial charge in [-0.25, -0.2) is 9.78 Å². The molecule has 0 aliphatic carbocycles. The minimum absolute atomic E-state index is 0.174. The number of carbonyl (C=O) groups excluding carboxylic acids is 1. The number of carboxylic acids is 1. The normalized spacial score (nSPS) is 11.0. The number of aryl methyl sites for hydroxylation is 1. The number of fused-ring (bicyclic) bond motifs is 1. The van der Waals surface area contributed by atoms with Gasteiger partial charge in [0.1, 0.15) is 17.1 Å². The lowest BCUT2D eigenvalue weighted by molar-refractivity contribution is -0.192. The molecule has 4 aromatic rings. The fraction of sp³-hybridized carbons (Fsp3) is 0.182. The van der Waals surface area contributed by atoms with Crippen LogP contribution in [0.15, 0.2) is 55.0 Å². The van der Waals surface area contributed by atoms with E-state index in [2.05, 4.69) is 20.5 Å². The summed E-state index contributed by atoms with van der Waals surface area (Å²) in [4.78, 5) is 26.2. The summed E-state index contributed by atoms with van der Waals surface area (Å²) >= 11 is 0. The van der Waals surface area contributed by atoms with Crippen molar-refractivity contribution in [2.45, 2.75) is 19.6 Å². The number of hydrogen-bond acceptors (Lipinski definition) is 5. The molecule has 4 rings (SSSR count). The first-order valence-electron chi connectivity index (χ1n) is 9.79. The smallest absolute Gasteiger partial charge is 0.490 e. The van der Waals surface area contributed by atoms with E-state index in [4.69, 9.17) is 14.6 Å². The molecule has 0 radical (unpaired) electrons. The van der Waals surface area contributed by atoms with E-state index in [0.29, 0.717) is 17.9 Å². The highest BCUT2D eigenvalue weighted by Gasteiger charge is 2.38. The number of methoxy groups -OCH3 is 1. The van der Waals surface area contributed by atoms with Gasteiger partial charge in [0.25, 0.3) is 5.91 Å². The second kappa shape index (κ2) is 10.1. The van der Waals surface area contributed by atoms with Crippen LogP contribution in [0.2, 0.25) is 0 Å². The van der Waals surface area contributed by atoms with Gasteiger partial charge in [-0.1, -0.05) is 12.1 Å². The monoisotopic (exact) mass is 475 g/mol. The molecule has 0 atom stereocenters. The number of rotatable bonds is 5. The van der Waals surface area contributed by atoms with Gasteiger partial charge in [-0.15, -0.1) is 0 Å². The van der Waals surface area contributed by atoms with Crippen molar-refractivity contribution in [3.8, 4) is 16.9 Å². The van der Waals surface area contributed by atoms with Crippen LogP contribution in [0, 0.1) is 6.92 Å². The zero-order chi connectivity index (χ0) is 24.9. The van der Waals surface area contributed by atoms with Crippen LogP contribution >= 0.6 is 0 Å². The predicted octanol–water partition coefficient (Wildman–Crippen LogP) is 3.60. The predicted molar refractivity (Wildman–Crippen MR) is 115 cm³/mol. The van der Waals surface area contributed by atoms with Crippen LogP contribution in [0.1, 0.15) is 21.7 Å². The molecule has 0 unspecified atom stereocenters. The van der Waals surface area contributed by atoms with Crippen LogP contribution in [-0.2, 0) is 11.3 Å². The van der Waals surface area contributed by atoms with Gasteiger partial charge in [0, 0.05) is 30.1 Å². The molecule has 3 aromatic heterocycles. The minimum atomic E-state index is -5.08. The van der Waals surface area contributed by atoms with Gasteiger partial charge in [-0.05, 0) is 36.8 Å². The lowest BCUT2D eigenvalue weighted by atomic mass is 10.1. The number of carboxylic acid groups (broad SMARTS) is 1. The molecule has 1 amide bonds. The van der Waals surface area contributed by atoms with Crippen LogP contribution in [0.5, 0.6) is 5.75 Å². The Kier molecular flexibility index (Phi) is 7.19. The van der Waals surface area contributed by atoms with Crippen LogP contribution < -0.4 is 10.1 Å². The molecule has 0 bridgehead atoms. The van der Waals surface area contributed by atoms with Crippen molar-refractivity contribution in [3.05, 3.63) is 71.9 Å². The van der Waals surface area contributed by atoms with E-state index < -0.39 is 12.1 Å². The summed E-state index contributed by atoms with van der Waals surface area (Å²) in [5, 5.41) is 16.9. The number of amides is 1. The number of aliphatic carboxylic acids is 1. The summed E-state index contributed by atoms with van der Waals surface area (Å²) in [6.07, 6.45) is 0.377. The third-order valence-electron chi connectivity index (χ3n) is 4.67. The molecule has 3 heterocycles. The number of aromatic amines is 1. The summed E-state index contributed by atoms with van der Waals surface area (Å²) in [6.45, 7) is 2.25. The molecular formula is C22H20F3N5O4. The van der Waals surface area contributed by atoms with Crippen molar-refractivity contribution in [1.29, 1.82) is 0 Å². The average Bonchev–Trinajstić information content (AvgIpc) is 3.44. The van der Waals surface area contributed by atoms with Crippen molar-refractivity contribution in [2.24, 2.45) is 0 Å². The Morgan fingerprint density at radius 2 is 1.94 bits per heavy atom. The number of carbonyl (C=O) groups is 2. The van der Waals surface area contributed by atoms with Crippen LogP contribution in [-0.4, -0.2) is 49.9 Å². The van der Waals surface area contributed by atoms with Gasteiger partial charge in [0.15, 0.2) is 0 Å². The highest BCUT2D eigenvalue weighted by molar-refractivity contribution is 5.94. The maximum absolute atomic E-state index is 12.8. The number of nitrogens with one attached hydrogen (secondary N) is 2. The fourth-order valence-corrected chi connectivity index (χ4v) is 3.06. The number of benzene rings is 1. The molecule has 0 saturated carbocycles. The number of nitrogens with zero attached hydrogens (tertiary/aromatic N) is 3. The van der Waals surface area contributed by atoms with Gasteiger partial charge in [-0.2, -0.15) is 18.3 Å².